The van der Waals surface area contributed by atoms with E-state index in [9.17, 15) is 0 Å². The summed E-state index contributed by atoms with van der Waals surface area (Å²) < 4.78 is 31.6. The van der Waals surface area contributed by atoms with Crippen molar-refractivity contribution in [3.8, 4) is 135 Å². The van der Waals surface area contributed by atoms with E-state index in [0.717, 1.165) is 201 Å². The summed E-state index contributed by atoms with van der Waals surface area (Å²) in [5.41, 5.74) is 33.9. The van der Waals surface area contributed by atoms with Crippen LogP contribution in [-0.2, 0) is 5.41 Å². The molecule has 6 aliphatic heterocycles. The molecular weight excluding hydrogens is 1400 g/mol. The van der Waals surface area contributed by atoms with Crippen LogP contribution in [0.1, 0.15) is 26.3 Å². The van der Waals surface area contributed by atoms with E-state index in [1.165, 1.54) is 5.56 Å². The van der Waals surface area contributed by atoms with Gasteiger partial charge in [-0.15, -0.1) is 0 Å². The average Bonchev–Trinajstić information content (AvgIpc) is 0.671. The first-order valence-electron chi connectivity index (χ1n) is 39.9. The lowest BCUT2D eigenvalue weighted by Crippen LogP contribution is -2.66. The number of ether oxygens (including phenoxy) is 4. The molecule has 9 heteroatoms. The second kappa shape index (κ2) is 26.2. The molecule has 0 atom stereocenters. The molecule has 0 aromatic heterocycles. The molecule has 538 valence electrons. The Kier molecular flexibility index (Phi) is 15.1. The third kappa shape index (κ3) is 10.6. The molecule has 17 aromatic carbocycles. The summed E-state index contributed by atoms with van der Waals surface area (Å²) >= 11 is 0. The number of hydrogen-bond donors (Lipinski definition) is 0. The Bertz CT molecular complexity index is 6660. The maximum absolute atomic E-state index is 8.28. The lowest BCUT2D eigenvalue weighted by Gasteiger charge is -2.48. The van der Waals surface area contributed by atoms with Crippen LogP contribution in [0.15, 0.2) is 376 Å². The highest BCUT2D eigenvalue weighted by molar-refractivity contribution is 7.04. The molecule has 17 aromatic rings. The summed E-state index contributed by atoms with van der Waals surface area (Å²) in [6, 6.07) is 138. The van der Waals surface area contributed by atoms with Gasteiger partial charge in [0.15, 0.2) is 0 Å². The maximum atomic E-state index is 8.28. The van der Waals surface area contributed by atoms with E-state index in [-0.39, 0.29) is 12.1 Å². The van der Waals surface area contributed by atoms with Crippen molar-refractivity contribution in [2.45, 2.75) is 26.2 Å². The highest BCUT2D eigenvalue weighted by atomic mass is 16.5. The van der Waals surface area contributed by atoms with Gasteiger partial charge in [-0.1, -0.05) is 348 Å². The van der Waals surface area contributed by atoms with Gasteiger partial charge in [0.2, 0.25) is 0 Å². The van der Waals surface area contributed by atoms with Gasteiger partial charge < -0.3 is 28.7 Å². The van der Waals surface area contributed by atoms with E-state index in [1.54, 1.807) is 0 Å². The van der Waals surface area contributed by atoms with Gasteiger partial charge in [0.05, 0.1) is 11.4 Å². The van der Waals surface area contributed by atoms with Gasteiger partial charge in [0.25, 0.3) is 20.1 Å². The molecule has 6 heterocycles. The van der Waals surface area contributed by atoms with Crippen LogP contribution in [0.4, 0.5) is 34.1 Å². The topological polar surface area (TPSA) is 43.4 Å². The Labute approximate surface area is 670 Å². The molecule has 23 rings (SSSR count). The van der Waals surface area contributed by atoms with Gasteiger partial charge in [-0.05, 0) is 147 Å². The largest absolute Gasteiger partial charge is 0.459 e. The fourth-order valence-electron chi connectivity index (χ4n) is 19.2. The Morgan fingerprint density at radius 2 is 0.504 bits per heavy atom. The smallest absolute Gasteiger partial charge is 0.265 e. The first-order chi connectivity index (χ1) is 56.7. The van der Waals surface area contributed by atoms with Crippen molar-refractivity contribution >= 4 is 103 Å². The second-order valence-corrected chi connectivity index (χ2v) is 32.0. The molecule has 0 radical (unpaired) electrons. The number of nitrogens with zero attached hydrogens (tertiary/aromatic N) is 2. The number of anilines is 6. The van der Waals surface area contributed by atoms with Gasteiger partial charge in [-0.2, -0.15) is 0 Å². The zero-order chi connectivity index (χ0) is 76.1. The molecule has 0 unspecified atom stereocenters. The first kappa shape index (κ1) is 66.5. The van der Waals surface area contributed by atoms with Crippen LogP contribution < -0.4 is 77.9 Å². The van der Waals surface area contributed by atoms with Crippen LogP contribution in [0.5, 0.6) is 46.0 Å². The first-order valence-corrected chi connectivity index (χ1v) is 39.9. The molecule has 0 amide bonds. The molecule has 0 aliphatic carbocycles. The van der Waals surface area contributed by atoms with Crippen molar-refractivity contribution in [3.63, 3.8) is 0 Å². The van der Waals surface area contributed by atoms with Crippen LogP contribution >= 0.6 is 0 Å². The Balaban J connectivity index is 0.861. The predicted molar refractivity (Wildman–Crippen MR) is 478 cm³/mol. The summed E-state index contributed by atoms with van der Waals surface area (Å²) in [5.74, 6) is 5.78. The van der Waals surface area contributed by atoms with Gasteiger partial charge in [0.1, 0.15) is 46.0 Å². The van der Waals surface area contributed by atoms with Gasteiger partial charge >= 0.3 is 0 Å². The van der Waals surface area contributed by atoms with Crippen molar-refractivity contribution in [2.75, 3.05) is 9.80 Å². The van der Waals surface area contributed by atoms with E-state index in [4.69, 9.17) is 18.9 Å². The van der Waals surface area contributed by atoms with Crippen molar-refractivity contribution in [1.82, 2.24) is 0 Å². The van der Waals surface area contributed by atoms with E-state index < -0.39 is 13.4 Å². The highest BCUT2D eigenvalue weighted by Gasteiger charge is 2.54. The minimum atomic E-state index is -0.523. The fourth-order valence-corrected chi connectivity index (χ4v) is 19.2. The normalized spacial score (nSPS) is 13.2. The fraction of sp³-hybridized carbons (Fsp3) is 0.0377. The molecule has 0 N–H and O–H groups in total. The third-order valence-corrected chi connectivity index (χ3v) is 24.4. The Morgan fingerprint density at radius 1 is 0.209 bits per heavy atom. The van der Waals surface area contributed by atoms with Crippen LogP contribution in [0.3, 0.4) is 0 Å². The van der Waals surface area contributed by atoms with E-state index in [2.05, 4.69) is 407 Å². The second-order valence-electron chi connectivity index (χ2n) is 32.0. The summed E-state index contributed by atoms with van der Waals surface area (Å²) in [4.78, 5) is 5.26. The van der Waals surface area contributed by atoms with Crippen molar-refractivity contribution in [1.29, 1.82) is 0 Å². The number of rotatable bonds is 10. The predicted octanol–water partition coefficient (Wildman–Crippen LogP) is 21.9. The number of hydrogen-bond acceptors (Lipinski definition) is 6. The lowest BCUT2D eigenvalue weighted by atomic mass is 9.29. The molecule has 6 aliphatic rings. The van der Waals surface area contributed by atoms with Gasteiger partial charge in [-0.25, -0.2) is 0 Å². The molecule has 0 bridgehead atoms. The third-order valence-electron chi connectivity index (χ3n) is 24.4. The molecule has 0 spiro atoms. The van der Waals surface area contributed by atoms with Crippen LogP contribution in [0.25, 0.3) is 89.0 Å². The van der Waals surface area contributed by atoms with Crippen molar-refractivity contribution in [3.05, 3.63) is 382 Å². The number of para-hydroxylation sites is 2. The highest BCUT2D eigenvalue weighted by Crippen LogP contribution is 2.56. The molecule has 6 nitrogen and oxygen atoms in total. The van der Waals surface area contributed by atoms with Crippen molar-refractivity contribution in [2.24, 2.45) is 0 Å². The number of benzene rings is 17. The average molecular weight is 1470 g/mol. The van der Waals surface area contributed by atoms with E-state index >= 15 is 0 Å². The zero-order valence-corrected chi connectivity index (χ0v) is 63.6. The van der Waals surface area contributed by atoms with Gasteiger partial charge in [-0.3, -0.25) is 0 Å². The standard InChI is InChI=1S/C106H71B3N2O4/c1-106(2,3)78-62-88-97-89(63-78)111(103-81(72-42-24-10-25-43-72)48-29-49-82(103)73-44-26-11-27-45-73)90-64-94-100-104(98(90)108(97)83-58-74(66-30-12-4-13-31-66)50-54-87(83)110(88)102-79(70-38-20-8-21-39-70)46-28-47-80(102)71-40-22-9-23-41-71)114-93-57-53-77(69-36-18-7-19-37-69)61-86(93)109(100)101-96(113-94)65-95-99-105(101)115-92-56-52-76(68-34-16-6-17-35-68)60-85(92)107(99)84-59-75(51-55-91(84)112-95)67-32-14-5-15-33-67/h4-65H,1-3H3. The molecule has 115 heavy (non-hydrogen) atoms. The van der Waals surface area contributed by atoms with E-state index in [1.807, 2.05) is 0 Å². The SMILES string of the molecule is CC(C)(C)c1cc2c3c(c1)N(c1c(-c4ccccc4)cccc1-c1ccccc1)c1cc4c5c(c1B3c1cc(-c3ccccc3)ccc1N2c1c(-c2ccccc2)cccc1-c1ccccc1)Oc1ccc(-c2ccccc2)cc1B5c1c(cc2c3c1Oc1ccc(-c5ccccc5)cc1B3c1cc(-c3ccccc3)ccc1O2)O4. The van der Waals surface area contributed by atoms with Crippen LogP contribution in [0.2, 0.25) is 0 Å². The summed E-state index contributed by atoms with van der Waals surface area (Å²) in [6.45, 7) is 5.77. The summed E-state index contributed by atoms with van der Waals surface area (Å²) in [5, 5.41) is 0. The van der Waals surface area contributed by atoms with Crippen LogP contribution in [-0.4, -0.2) is 20.1 Å². The van der Waals surface area contributed by atoms with Crippen molar-refractivity contribution < 1.29 is 18.9 Å². The zero-order valence-electron chi connectivity index (χ0n) is 63.6. The Hall–Kier alpha value is -14.3. The summed E-state index contributed by atoms with van der Waals surface area (Å²) in [7, 11) is 0. The lowest BCUT2D eigenvalue weighted by molar-refractivity contribution is 0.443. The number of fused-ring (bicyclic) bond motifs is 14. The minimum Gasteiger partial charge on any atom is -0.459 e. The maximum Gasteiger partial charge on any atom is 0.265 e. The van der Waals surface area contributed by atoms with Gasteiger partial charge in [0, 0.05) is 73.5 Å². The Morgan fingerprint density at radius 3 is 0.896 bits per heavy atom. The van der Waals surface area contributed by atoms with E-state index in [0.29, 0.717) is 17.2 Å². The molecular formula is C106H71B3N2O4. The quantitative estimate of drug-likeness (QED) is 0.127. The molecule has 0 saturated heterocycles. The monoisotopic (exact) mass is 1470 g/mol. The molecule has 0 fully saturated rings. The summed E-state index contributed by atoms with van der Waals surface area (Å²) in [6.07, 6.45) is 0. The molecule has 0 saturated carbocycles. The minimum absolute atomic E-state index is 0.311. The van der Waals surface area contributed by atoms with Crippen LogP contribution in [0, 0.1) is 0 Å².